The highest BCUT2D eigenvalue weighted by molar-refractivity contribution is 5.85. The molecule has 0 radical (unpaired) electrons. The van der Waals surface area contributed by atoms with Crippen molar-refractivity contribution < 1.29 is 14.7 Å². The van der Waals surface area contributed by atoms with Crippen molar-refractivity contribution in [1.82, 2.24) is 4.90 Å². The normalized spacial score (nSPS) is 17.2. The summed E-state index contributed by atoms with van der Waals surface area (Å²) in [5, 5.41) is 8.74. The number of carbonyl (C=O) groups is 2. The van der Waals surface area contributed by atoms with Crippen molar-refractivity contribution >= 4 is 11.9 Å². The van der Waals surface area contributed by atoms with E-state index in [1.165, 1.54) is 4.90 Å². The van der Waals surface area contributed by atoms with Crippen molar-refractivity contribution in [2.24, 2.45) is 11.7 Å². The molecule has 0 aliphatic heterocycles. The van der Waals surface area contributed by atoms with Gasteiger partial charge >= 0.3 is 5.97 Å². The lowest BCUT2D eigenvalue weighted by atomic mass is 10.0. The highest BCUT2D eigenvalue weighted by Crippen LogP contribution is 2.27. The SMILES string of the molecule is CC(C)C[C@H](N)C(=O)N(CC(=O)O)C1CC1. The summed E-state index contributed by atoms with van der Waals surface area (Å²) in [4.78, 5) is 24.0. The van der Waals surface area contributed by atoms with E-state index < -0.39 is 12.0 Å². The van der Waals surface area contributed by atoms with E-state index in [4.69, 9.17) is 10.8 Å². The molecule has 1 fully saturated rings. The summed E-state index contributed by atoms with van der Waals surface area (Å²) in [7, 11) is 0. The molecule has 1 aliphatic carbocycles. The largest absolute Gasteiger partial charge is 0.480 e. The van der Waals surface area contributed by atoms with Gasteiger partial charge < -0.3 is 15.7 Å². The van der Waals surface area contributed by atoms with Crippen LogP contribution in [0.25, 0.3) is 0 Å². The molecule has 1 aliphatic rings. The molecule has 1 atom stereocenters. The first-order valence-electron chi connectivity index (χ1n) is 5.69. The van der Waals surface area contributed by atoms with Crippen molar-refractivity contribution in [3.05, 3.63) is 0 Å². The average molecular weight is 228 g/mol. The van der Waals surface area contributed by atoms with Gasteiger partial charge in [-0.15, -0.1) is 0 Å². The molecule has 92 valence electrons. The standard InChI is InChI=1S/C11H20N2O3/c1-7(2)5-9(12)11(16)13(6-10(14)15)8-3-4-8/h7-9H,3-6,12H2,1-2H3,(H,14,15)/t9-/m0/s1. The van der Waals surface area contributed by atoms with E-state index >= 15 is 0 Å². The van der Waals surface area contributed by atoms with Crippen molar-refractivity contribution in [3.8, 4) is 0 Å². The lowest BCUT2D eigenvalue weighted by Gasteiger charge is -2.24. The van der Waals surface area contributed by atoms with Gasteiger partial charge in [0, 0.05) is 6.04 Å². The summed E-state index contributed by atoms with van der Waals surface area (Å²) in [5.41, 5.74) is 5.78. The van der Waals surface area contributed by atoms with Gasteiger partial charge in [0.25, 0.3) is 0 Å². The summed E-state index contributed by atoms with van der Waals surface area (Å²) >= 11 is 0. The predicted molar refractivity (Wildman–Crippen MR) is 59.8 cm³/mol. The molecular weight excluding hydrogens is 208 g/mol. The lowest BCUT2D eigenvalue weighted by Crippen LogP contribution is -2.47. The fraction of sp³-hybridized carbons (Fsp3) is 0.818. The number of hydrogen-bond acceptors (Lipinski definition) is 3. The van der Waals surface area contributed by atoms with Crippen LogP contribution in [0.3, 0.4) is 0 Å². The van der Waals surface area contributed by atoms with Crippen molar-refractivity contribution in [3.63, 3.8) is 0 Å². The summed E-state index contributed by atoms with van der Waals surface area (Å²) < 4.78 is 0. The number of carboxylic acid groups (broad SMARTS) is 1. The molecule has 0 spiro atoms. The van der Waals surface area contributed by atoms with Crippen molar-refractivity contribution in [1.29, 1.82) is 0 Å². The van der Waals surface area contributed by atoms with E-state index in [1.54, 1.807) is 0 Å². The Bertz CT molecular complexity index is 274. The van der Waals surface area contributed by atoms with Crippen LogP contribution in [-0.2, 0) is 9.59 Å². The van der Waals surface area contributed by atoms with Gasteiger partial charge in [0.1, 0.15) is 6.54 Å². The molecule has 0 aromatic rings. The third kappa shape index (κ3) is 3.81. The van der Waals surface area contributed by atoms with Crippen LogP contribution in [0.15, 0.2) is 0 Å². The zero-order chi connectivity index (χ0) is 12.3. The Morgan fingerprint density at radius 3 is 2.38 bits per heavy atom. The Kier molecular flexibility index (Phi) is 4.29. The Balaban J connectivity index is 2.56. The maximum Gasteiger partial charge on any atom is 0.323 e. The van der Waals surface area contributed by atoms with Crippen LogP contribution in [0.4, 0.5) is 0 Å². The summed E-state index contributed by atoms with van der Waals surface area (Å²) in [6.45, 7) is 3.76. The van der Waals surface area contributed by atoms with E-state index in [0.717, 1.165) is 12.8 Å². The van der Waals surface area contributed by atoms with Gasteiger partial charge in [-0.2, -0.15) is 0 Å². The second-order valence-electron chi connectivity index (χ2n) is 4.83. The number of carboxylic acids is 1. The van der Waals surface area contributed by atoms with Gasteiger partial charge in [-0.05, 0) is 25.2 Å². The number of nitrogens with zero attached hydrogens (tertiary/aromatic N) is 1. The van der Waals surface area contributed by atoms with Gasteiger partial charge in [-0.25, -0.2) is 0 Å². The minimum Gasteiger partial charge on any atom is -0.480 e. The van der Waals surface area contributed by atoms with Crippen LogP contribution < -0.4 is 5.73 Å². The summed E-state index contributed by atoms with van der Waals surface area (Å²) in [5.74, 6) is -0.861. The number of amides is 1. The van der Waals surface area contributed by atoms with E-state index in [0.29, 0.717) is 12.3 Å². The number of nitrogens with two attached hydrogens (primary N) is 1. The molecule has 0 saturated heterocycles. The van der Waals surface area contributed by atoms with E-state index in [2.05, 4.69) is 0 Å². The number of rotatable bonds is 6. The predicted octanol–water partition coefficient (Wildman–Crippen LogP) is 0.435. The Morgan fingerprint density at radius 2 is 2.00 bits per heavy atom. The number of carbonyl (C=O) groups excluding carboxylic acids is 1. The van der Waals surface area contributed by atoms with E-state index in [9.17, 15) is 9.59 Å². The molecular formula is C11H20N2O3. The molecule has 5 heteroatoms. The first kappa shape index (κ1) is 13.0. The number of aliphatic carboxylic acids is 1. The molecule has 0 aromatic heterocycles. The maximum atomic E-state index is 11.9. The third-order valence-corrected chi connectivity index (χ3v) is 2.62. The lowest BCUT2D eigenvalue weighted by molar-refractivity contribution is -0.145. The van der Waals surface area contributed by atoms with Crippen LogP contribution in [0.5, 0.6) is 0 Å². The van der Waals surface area contributed by atoms with Crippen LogP contribution in [0, 0.1) is 5.92 Å². The Morgan fingerprint density at radius 1 is 1.44 bits per heavy atom. The fourth-order valence-electron chi connectivity index (χ4n) is 1.74. The molecule has 0 aromatic carbocycles. The molecule has 1 rings (SSSR count). The zero-order valence-electron chi connectivity index (χ0n) is 9.85. The Labute approximate surface area is 95.6 Å². The topological polar surface area (TPSA) is 83.6 Å². The van der Waals surface area contributed by atoms with Crippen LogP contribution in [-0.4, -0.2) is 40.5 Å². The second kappa shape index (κ2) is 5.30. The molecule has 0 heterocycles. The number of hydrogen-bond donors (Lipinski definition) is 2. The fourth-order valence-corrected chi connectivity index (χ4v) is 1.74. The van der Waals surface area contributed by atoms with Gasteiger partial charge in [-0.1, -0.05) is 13.8 Å². The first-order valence-corrected chi connectivity index (χ1v) is 5.69. The Hall–Kier alpha value is -1.10. The molecule has 3 N–H and O–H groups in total. The molecule has 1 amide bonds. The molecule has 1 saturated carbocycles. The second-order valence-corrected chi connectivity index (χ2v) is 4.83. The third-order valence-electron chi connectivity index (χ3n) is 2.62. The van der Waals surface area contributed by atoms with Crippen LogP contribution in [0.2, 0.25) is 0 Å². The summed E-state index contributed by atoms with van der Waals surface area (Å²) in [6.07, 6.45) is 2.39. The highest BCUT2D eigenvalue weighted by atomic mass is 16.4. The summed E-state index contributed by atoms with van der Waals surface area (Å²) in [6, 6.07) is -0.471. The van der Waals surface area contributed by atoms with Gasteiger partial charge in [0.15, 0.2) is 0 Å². The minimum atomic E-state index is -0.975. The zero-order valence-corrected chi connectivity index (χ0v) is 9.85. The highest BCUT2D eigenvalue weighted by Gasteiger charge is 2.35. The van der Waals surface area contributed by atoms with Crippen molar-refractivity contribution in [2.75, 3.05) is 6.54 Å². The molecule has 5 nitrogen and oxygen atoms in total. The molecule has 16 heavy (non-hydrogen) atoms. The average Bonchev–Trinajstić information content (AvgIpc) is 2.94. The van der Waals surface area contributed by atoms with Gasteiger partial charge in [-0.3, -0.25) is 9.59 Å². The van der Waals surface area contributed by atoms with Crippen LogP contribution >= 0.6 is 0 Å². The monoisotopic (exact) mass is 228 g/mol. The smallest absolute Gasteiger partial charge is 0.323 e. The van der Waals surface area contributed by atoms with Crippen molar-refractivity contribution in [2.45, 2.75) is 45.2 Å². The quantitative estimate of drug-likeness (QED) is 0.690. The first-order chi connectivity index (χ1) is 7.41. The molecule has 0 bridgehead atoms. The minimum absolute atomic E-state index is 0.0989. The molecule has 0 unspecified atom stereocenters. The van der Waals surface area contributed by atoms with Gasteiger partial charge in [0.2, 0.25) is 5.91 Å². The van der Waals surface area contributed by atoms with E-state index in [1.807, 2.05) is 13.8 Å². The van der Waals surface area contributed by atoms with E-state index in [-0.39, 0.29) is 18.5 Å². The van der Waals surface area contributed by atoms with Gasteiger partial charge in [0.05, 0.1) is 6.04 Å². The van der Waals surface area contributed by atoms with Crippen LogP contribution in [0.1, 0.15) is 33.1 Å². The maximum absolute atomic E-state index is 11.9.